The predicted octanol–water partition coefficient (Wildman–Crippen LogP) is 4.50. The first-order valence-corrected chi connectivity index (χ1v) is 10.8. The number of anilines is 2. The molecule has 2 heterocycles. The maximum absolute atomic E-state index is 12.9. The Morgan fingerprint density at radius 2 is 2.00 bits per heavy atom. The van der Waals surface area contributed by atoms with Gasteiger partial charge in [-0.15, -0.1) is 0 Å². The number of hydrogen-bond acceptors (Lipinski definition) is 3. The molecule has 1 aromatic heterocycles. The van der Waals surface area contributed by atoms with Crippen molar-refractivity contribution in [1.82, 2.24) is 9.78 Å². The molecule has 2 atom stereocenters. The minimum Gasteiger partial charge on any atom is -0.311 e. The van der Waals surface area contributed by atoms with Gasteiger partial charge in [0.1, 0.15) is 5.82 Å². The van der Waals surface area contributed by atoms with Crippen LogP contribution in [0.5, 0.6) is 0 Å². The number of para-hydroxylation sites is 1. The predicted molar refractivity (Wildman–Crippen MR) is 114 cm³/mol. The van der Waals surface area contributed by atoms with E-state index in [-0.39, 0.29) is 24.2 Å². The van der Waals surface area contributed by atoms with Crippen LogP contribution in [-0.4, -0.2) is 28.1 Å². The molecule has 2 unspecified atom stereocenters. The molecule has 4 rings (SSSR count). The molecule has 154 valence electrons. The summed E-state index contributed by atoms with van der Waals surface area (Å²) in [7, 11) is 0. The molecule has 1 aliphatic heterocycles. The van der Waals surface area contributed by atoms with Gasteiger partial charge in [0.25, 0.3) is 0 Å². The first-order chi connectivity index (χ1) is 14.1. The number of benzene rings is 1. The zero-order valence-electron chi connectivity index (χ0n) is 17.3. The van der Waals surface area contributed by atoms with Gasteiger partial charge in [-0.2, -0.15) is 5.10 Å². The minimum absolute atomic E-state index is 0.0187. The molecular weight excluding hydrogens is 364 g/mol. The third-order valence-corrected chi connectivity index (χ3v) is 6.46. The first kappa shape index (κ1) is 19.7. The number of aromatic nitrogens is 2. The molecule has 2 amide bonds. The van der Waals surface area contributed by atoms with Crippen molar-refractivity contribution >= 4 is 23.3 Å². The Morgan fingerprint density at radius 1 is 1.24 bits per heavy atom. The highest BCUT2D eigenvalue weighted by Gasteiger charge is 2.36. The number of rotatable bonds is 6. The zero-order chi connectivity index (χ0) is 20.4. The molecular formula is C23H30N4O2. The van der Waals surface area contributed by atoms with Crippen LogP contribution in [0, 0.1) is 5.92 Å². The molecule has 0 bridgehead atoms. The maximum Gasteiger partial charge on any atom is 0.230 e. The molecule has 6 heteroatoms. The number of nitrogens with zero attached hydrogens (tertiary/aromatic N) is 3. The second-order valence-electron chi connectivity index (χ2n) is 8.36. The number of carbonyl (C=O) groups is 2. The van der Waals surface area contributed by atoms with Gasteiger partial charge in [0, 0.05) is 24.7 Å². The van der Waals surface area contributed by atoms with Crippen molar-refractivity contribution in [3.05, 3.63) is 42.1 Å². The van der Waals surface area contributed by atoms with Crippen molar-refractivity contribution in [3.63, 3.8) is 0 Å². The van der Waals surface area contributed by atoms with Crippen LogP contribution < -0.4 is 10.2 Å². The third-order valence-electron chi connectivity index (χ3n) is 6.46. The van der Waals surface area contributed by atoms with Crippen LogP contribution >= 0.6 is 0 Å². The van der Waals surface area contributed by atoms with Crippen LogP contribution in [0.25, 0.3) is 0 Å². The van der Waals surface area contributed by atoms with Gasteiger partial charge in [-0.25, -0.2) is 4.68 Å². The Bertz CT molecular complexity index is 885. The maximum atomic E-state index is 12.9. The van der Waals surface area contributed by atoms with Crippen molar-refractivity contribution in [2.24, 2.45) is 5.92 Å². The van der Waals surface area contributed by atoms with Crippen molar-refractivity contribution in [1.29, 1.82) is 0 Å². The monoisotopic (exact) mass is 394 g/mol. The van der Waals surface area contributed by atoms with Crippen LogP contribution in [0.15, 0.2) is 36.5 Å². The summed E-state index contributed by atoms with van der Waals surface area (Å²) in [5, 5.41) is 7.45. The summed E-state index contributed by atoms with van der Waals surface area (Å²) in [6, 6.07) is 10.3. The van der Waals surface area contributed by atoms with Crippen LogP contribution in [0.2, 0.25) is 0 Å². The smallest absolute Gasteiger partial charge is 0.230 e. The summed E-state index contributed by atoms with van der Waals surface area (Å²) in [5.74, 6) is 0.687. The number of hydrogen-bond donors (Lipinski definition) is 1. The molecule has 2 aromatic rings. The Balaban J connectivity index is 1.48. The molecule has 29 heavy (non-hydrogen) atoms. The largest absolute Gasteiger partial charge is 0.311 e. The van der Waals surface area contributed by atoms with Crippen molar-refractivity contribution < 1.29 is 9.59 Å². The third kappa shape index (κ3) is 3.93. The van der Waals surface area contributed by atoms with Gasteiger partial charge in [0.2, 0.25) is 11.8 Å². The lowest BCUT2D eigenvalue weighted by Crippen LogP contribution is -2.29. The average Bonchev–Trinajstić information content (AvgIpc) is 3.48. The van der Waals surface area contributed by atoms with Gasteiger partial charge in [-0.3, -0.25) is 9.59 Å². The molecule has 1 aliphatic carbocycles. The lowest BCUT2D eigenvalue weighted by atomic mass is 9.96. The lowest BCUT2D eigenvalue weighted by Gasteiger charge is -2.23. The molecule has 1 saturated carbocycles. The van der Waals surface area contributed by atoms with E-state index in [1.807, 2.05) is 28.9 Å². The molecule has 1 saturated heterocycles. The van der Waals surface area contributed by atoms with Gasteiger partial charge in [0.15, 0.2) is 0 Å². The molecule has 2 aliphatic rings. The van der Waals surface area contributed by atoms with Crippen LogP contribution in [0.4, 0.5) is 11.5 Å². The topological polar surface area (TPSA) is 67.2 Å². The van der Waals surface area contributed by atoms with E-state index < -0.39 is 0 Å². The fourth-order valence-corrected chi connectivity index (χ4v) is 4.57. The fraction of sp³-hybridized carbons (Fsp3) is 0.522. The summed E-state index contributed by atoms with van der Waals surface area (Å²) < 4.78 is 1.94. The quantitative estimate of drug-likeness (QED) is 0.784. The fourth-order valence-electron chi connectivity index (χ4n) is 4.57. The zero-order valence-corrected chi connectivity index (χ0v) is 17.3. The van der Waals surface area contributed by atoms with E-state index in [0.29, 0.717) is 18.5 Å². The Labute approximate surface area is 172 Å². The number of nitrogens with one attached hydrogen (secondary N) is 1. The average molecular weight is 395 g/mol. The van der Waals surface area contributed by atoms with Gasteiger partial charge in [-0.1, -0.05) is 44.9 Å². The van der Waals surface area contributed by atoms with Crippen LogP contribution in [0.3, 0.4) is 0 Å². The molecule has 0 spiro atoms. The van der Waals surface area contributed by atoms with E-state index in [1.165, 1.54) is 18.4 Å². The van der Waals surface area contributed by atoms with Crippen LogP contribution in [0.1, 0.15) is 69.9 Å². The summed E-state index contributed by atoms with van der Waals surface area (Å²) in [6.07, 6.45) is 7.62. The van der Waals surface area contributed by atoms with E-state index in [9.17, 15) is 9.59 Å². The van der Waals surface area contributed by atoms with E-state index >= 15 is 0 Å². The summed E-state index contributed by atoms with van der Waals surface area (Å²) in [4.78, 5) is 27.5. The van der Waals surface area contributed by atoms with E-state index in [1.54, 1.807) is 11.1 Å². The van der Waals surface area contributed by atoms with E-state index in [4.69, 9.17) is 0 Å². The van der Waals surface area contributed by atoms with Crippen molar-refractivity contribution in [2.75, 3.05) is 16.8 Å². The van der Waals surface area contributed by atoms with Gasteiger partial charge < -0.3 is 10.2 Å². The molecule has 1 N–H and O–H groups in total. The molecule has 1 aromatic carbocycles. The Morgan fingerprint density at radius 3 is 2.76 bits per heavy atom. The van der Waals surface area contributed by atoms with E-state index in [2.05, 4.69) is 30.3 Å². The van der Waals surface area contributed by atoms with Crippen molar-refractivity contribution in [3.8, 4) is 0 Å². The summed E-state index contributed by atoms with van der Waals surface area (Å²) in [5.41, 5.74) is 2.11. The standard InChI is InChI=1S/C23H30N4O2/c1-3-16(2)19-10-6-7-11-20(19)26-15-17(14-22(26)28)23(29)25-21-12-13-24-27(21)18-8-4-5-9-18/h6-7,10-13,16-18H,3-5,8-9,14-15H2,1-2H3,(H,25,29). The SMILES string of the molecule is CCC(C)c1ccccc1N1CC(C(=O)Nc2ccnn2C2CCCC2)CC1=O. The normalized spacial score (nSPS) is 21.0. The summed E-state index contributed by atoms with van der Waals surface area (Å²) in [6.45, 7) is 4.75. The Hall–Kier alpha value is -2.63. The van der Waals surface area contributed by atoms with Crippen LogP contribution in [-0.2, 0) is 9.59 Å². The highest BCUT2D eigenvalue weighted by Crippen LogP contribution is 2.34. The highest BCUT2D eigenvalue weighted by atomic mass is 16.2. The van der Waals surface area contributed by atoms with Gasteiger partial charge in [0.05, 0.1) is 18.2 Å². The summed E-state index contributed by atoms with van der Waals surface area (Å²) >= 11 is 0. The van der Waals surface area contributed by atoms with Gasteiger partial charge >= 0.3 is 0 Å². The number of amides is 2. The number of carbonyl (C=O) groups excluding carboxylic acids is 2. The van der Waals surface area contributed by atoms with Crippen molar-refractivity contribution in [2.45, 2.75) is 64.3 Å². The second kappa shape index (κ2) is 8.39. The van der Waals surface area contributed by atoms with Gasteiger partial charge in [-0.05, 0) is 36.8 Å². The molecule has 2 fully saturated rings. The second-order valence-corrected chi connectivity index (χ2v) is 8.36. The molecule has 6 nitrogen and oxygen atoms in total. The molecule has 0 radical (unpaired) electrons. The lowest BCUT2D eigenvalue weighted by molar-refractivity contribution is -0.122. The first-order valence-electron chi connectivity index (χ1n) is 10.8. The Kier molecular flexibility index (Phi) is 5.69. The highest BCUT2D eigenvalue weighted by molar-refractivity contribution is 6.03. The minimum atomic E-state index is -0.348. The van der Waals surface area contributed by atoms with E-state index in [0.717, 1.165) is 30.8 Å².